The molecular formula is C33H71N3O2. The summed E-state index contributed by atoms with van der Waals surface area (Å²) in [5.74, 6) is 4.55. The number of aliphatic hydroxyl groups excluding tert-OH is 1. The molecular weight excluding hydrogens is 470 g/mol. The number of carbonyl (C=O) groups excluding carboxylic acids is 1. The Kier molecular flexibility index (Phi) is 25.2. The molecule has 4 N–H and O–H groups in total. The van der Waals surface area contributed by atoms with Gasteiger partial charge in [-0.2, -0.15) is 0 Å². The molecule has 5 heteroatoms. The maximum absolute atomic E-state index is 8.26. The molecule has 0 saturated heterocycles. The minimum absolute atomic E-state index is 0. The molecule has 7 unspecified atom stereocenters. The number of nitrogens with one attached hydrogen (secondary N) is 3. The van der Waals surface area contributed by atoms with Gasteiger partial charge in [-0.05, 0) is 113 Å². The number of carbonyl (C=O) groups is 1. The van der Waals surface area contributed by atoms with Crippen molar-refractivity contribution in [2.24, 2.45) is 40.4 Å². The molecule has 0 aromatic heterocycles. The largest absolute Gasteiger partial charge is 0.395 e. The summed E-state index contributed by atoms with van der Waals surface area (Å²) < 4.78 is 0. The van der Waals surface area contributed by atoms with Gasteiger partial charge in [-0.1, -0.05) is 68.7 Å². The Bertz CT molecular complexity index is 568. The van der Waals surface area contributed by atoms with E-state index in [0.29, 0.717) is 23.3 Å². The molecule has 38 heavy (non-hydrogen) atoms. The van der Waals surface area contributed by atoms with E-state index in [-0.39, 0.29) is 14.0 Å². The second-order valence-corrected chi connectivity index (χ2v) is 11.3. The SMILES string of the molecule is C.C=O.CC.CC.CC(=N)C1CCC2C3CCC4CCCCC4(C)C3CCC12C.CCNC.CNCCO. The number of hydrogen-bond donors (Lipinski definition) is 4. The van der Waals surface area contributed by atoms with Gasteiger partial charge in [0.15, 0.2) is 0 Å². The third kappa shape index (κ3) is 10.7. The zero-order valence-corrected chi connectivity index (χ0v) is 26.6. The fourth-order valence-corrected chi connectivity index (χ4v) is 8.12. The maximum Gasteiger partial charge on any atom is 0.106 e. The second kappa shape index (κ2) is 23.0. The lowest BCUT2D eigenvalue weighted by Gasteiger charge is -2.60. The lowest BCUT2D eigenvalue weighted by atomic mass is 9.45. The first kappa shape index (κ1) is 41.7. The van der Waals surface area contributed by atoms with Crippen LogP contribution in [0.25, 0.3) is 0 Å². The number of fused-ring (bicyclic) bond motifs is 5. The van der Waals surface area contributed by atoms with E-state index in [4.69, 9.17) is 15.3 Å². The minimum Gasteiger partial charge on any atom is -0.395 e. The van der Waals surface area contributed by atoms with Gasteiger partial charge in [-0.3, -0.25) is 0 Å². The summed E-state index contributed by atoms with van der Waals surface area (Å²) in [6.07, 6.45) is 14.6. The highest BCUT2D eigenvalue weighted by Gasteiger charge is 2.59. The van der Waals surface area contributed by atoms with E-state index in [1.54, 1.807) is 7.05 Å². The Morgan fingerprint density at radius 3 is 1.87 bits per heavy atom. The smallest absolute Gasteiger partial charge is 0.106 e. The zero-order valence-electron chi connectivity index (χ0n) is 26.6. The van der Waals surface area contributed by atoms with Gasteiger partial charge < -0.3 is 25.9 Å². The summed E-state index contributed by atoms with van der Waals surface area (Å²) in [5.41, 5.74) is 2.10. The highest BCUT2D eigenvalue weighted by Crippen LogP contribution is 2.67. The highest BCUT2D eigenvalue weighted by molar-refractivity contribution is 5.82. The molecule has 4 saturated carbocycles. The van der Waals surface area contributed by atoms with E-state index < -0.39 is 0 Å². The summed E-state index contributed by atoms with van der Waals surface area (Å²) in [6.45, 7) is 21.4. The Labute approximate surface area is 239 Å². The first-order chi connectivity index (χ1) is 17.8. The molecule has 4 fully saturated rings. The number of aliphatic hydroxyl groups is 1. The minimum atomic E-state index is 0. The maximum atomic E-state index is 8.26. The van der Waals surface area contributed by atoms with Gasteiger partial charge in [0.1, 0.15) is 6.79 Å². The van der Waals surface area contributed by atoms with E-state index in [1.807, 2.05) is 41.5 Å². The van der Waals surface area contributed by atoms with E-state index in [1.165, 1.54) is 64.2 Å². The normalized spacial score (nSPS) is 33.7. The number of hydrogen-bond acceptors (Lipinski definition) is 5. The summed E-state index contributed by atoms with van der Waals surface area (Å²) in [6, 6.07) is 0. The van der Waals surface area contributed by atoms with Gasteiger partial charge >= 0.3 is 0 Å². The van der Waals surface area contributed by atoms with Crippen LogP contribution >= 0.6 is 0 Å². The molecule has 0 amide bonds. The lowest BCUT2D eigenvalue weighted by Crippen LogP contribution is -2.53. The predicted octanol–water partition coefficient (Wildman–Crippen LogP) is 8.00. The third-order valence-electron chi connectivity index (χ3n) is 9.82. The van der Waals surface area contributed by atoms with Crippen molar-refractivity contribution >= 4 is 12.5 Å². The Hall–Kier alpha value is -0.780. The summed E-state index contributed by atoms with van der Waals surface area (Å²) in [7, 11) is 3.73. The van der Waals surface area contributed by atoms with Gasteiger partial charge in [0, 0.05) is 18.2 Å². The van der Waals surface area contributed by atoms with Crippen molar-refractivity contribution in [3.8, 4) is 0 Å². The average molecular weight is 542 g/mol. The van der Waals surface area contributed by atoms with Crippen LogP contribution in [0.1, 0.15) is 127 Å². The van der Waals surface area contributed by atoms with E-state index in [2.05, 4.69) is 38.3 Å². The van der Waals surface area contributed by atoms with Crippen molar-refractivity contribution in [1.29, 1.82) is 5.41 Å². The molecule has 0 spiro atoms. The van der Waals surface area contributed by atoms with Crippen LogP contribution in [-0.4, -0.2) is 51.4 Å². The molecule has 230 valence electrons. The third-order valence-corrected chi connectivity index (χ3v) is 9.82. The molecule has 0 aliphatic heterocycles. The monoisotopic (exact) mass is 542 g/mol. The van der Waals surface area contributed by atoms with Crippen LogP contribution in [0.3, 0.4) is 0 Å². The van der Waals surface area contributed by atoms with Crippen LogP contribution in [0, 0.1) is 45.8 Å². The molecule has 4 aliphatic rings. The molecule has 0 aromatic carbocycles. The quantitative estimate of drug-likeness (QED) is 0.272. The zero-order chi connectivity index (χ0) is 29.1. The van der Waals surface area contributed by atoms with Crippen LogP contribution < -0.4 is 10.6 Å². The van der Waals surface area contributed by atoms with Crippen molar-refractivity contribution in [3.63, 3.8) is 0 Å². The molecule has 0 bridgehead atoms. The Balaban J connectivity index is -0.000000649. The van der Waals surface area contributed by atoms with Crippen LogP contribution in [0.5, 0.6) is 0 Å². The Morgan fingerprint density at radius 1 is 0.868 bits per heavy atom. The fourth-order valence-electron chi connectivity index (χ4n) is 8.12. The van der Waals surface area contributed by atoms with Gasteiger partial charge in [0.25, 0.3) is 0 Å². The predicted molar refractivity (Wildman–Crippen MR) is 170 cm³/mol. The standard InChI is InChI=1S/C21H35N.C3H9NO.C3H9N.2C2H6.CH2O.CH4/c1-14(22)17-9-10-18-16-8-7-15-6-4-5-12-20(15,2)19(16)11-13-21(17,18)3;1-4-2-3-5;1-3-4-2;3*1-2;/h15-19,22H,4-13H2,1-3H3;4-5H,2-3H2,1H3;4H,3H2,1-2H3;2*1-2H3;1H2;1H4. The van der Waals surface area contributed by atoms with E-state index in [0.717, 1.165) is 35.9 Å². The average Bonchev–Trinajstić information content (AvgIpc) is 3.30. The number of likely N-dealkylation sites (N-methyl/N-ethyl adjacent to an activating group) is 1. The van der Waals surface area contributed by atoms with Crippen LogP contribution in [0.15, 0.2) is 0 Å². The van der Waals surface area contributed by atoms with Crippen LogP contribution in [0.4, 0.5) is 0 Å². The van der Waals surface area contributed by atoms with Crippen molar-refractivity contribution in [1.82, 2.24) is 10.6 Å². The van der Waals surface area contributed by atoms with Gasteiger partial charge in [-0.15, -0.1) is 0 Å². The summed E-state index contributed by atoms with van der Waals surface area (Å²) in [5, 5.41) is 22.0. The summed E-state index contributed by atoms with van der Waals surface area (Å²) in [4.78, 5) is 8.00. The molecule has 0 radical (unpaired) electrons. The van der Waals surface area contributed by atoms with Crippen molar-refractivity contribution < 1.29 is 9.90 Å². The van der Waals surface area contributed by atoms with E-state index in [9.17, 15) is 0 Å². The number of rotatable bonds is 4. The second-order valence-electron chi connectivity index (χ2n) is 11.3. The van der Waals surface area contributed by atoms with Crippen LogP contribution in [-0.2, 0) is 4.79 Å². The molecule has 4 rings (SSSR count). The molecule has 0 aromatic rings. The molecule has 5 nitrogen and oxygen atoms in total. The summed E-state index contributed by atoms with van der Waals surface area (Å²) >= 11 is 0. The van der Waals surface area contributed by atoms with Gasteiger partial charge in [0.05, 0.1) is 6.61 Å². The first-order valence-electron chi connectivity index (χ1n) is 15.5. The van der Waals surface area contributed by atoms with Crippen LogP contribution in [0.2, 0.25) is 0 Å². The lowest BCUT2D eigenvalue weighted by molar-refractivity contribution is -0.106. The molecule has 0 heterocycles. The van der Waals surface area contributed by atoms with Crippen molar-refractivity contribution in [2.75, 3.05) is 33.8 Å². The van der Waals surface area contributed by atoms with Gasteiger partial charge in [-0.25, -0.2) is 0 Å². The van der Waals surface area contributed by atoms with Crippen molar-refractivity contribution in [2.45, 2.75) is 127 Å². The van der Waals surface area contributed by atoms with Crippen molar-refractivity contribution in [3.05, 3.63) is 0 Å². The van der Waals surface area contributed by atoms with E-state index >= 15 is 0 Å². The topological polar surface area (TPSA) is 85.2 Å². The highest BCUT2D eigenvalue weighted by atomic mass is 16.3. The first-order valence-corrected chi connectivity index (χ1v) is 15.5. The Morgan fingerprint density at radius 2 is 1.42 bits per heavy atom. The molecule has 7 atom stereocenters. The molecule has 4 aliphatic carbocycles. The fraction of sp³-hybridized carbons (Fsp3) is 0.939. The van der Waals surface area contributed by atoms with Gasteiger partial charge in [0.2, 0.25) is 0 Å².